The van der Waals surface area contributed by atoms with E-state index in [1.165, 1.54) is 67.3 Å². The quantitative estimate of drug-likeness (QED) is 0.122. The monoisotopic (exact) mass is 750 g/mol. The molecule has 0 amide bonds. The fourth-order valence-corrected chi connectivity index (χ4v) is 8.17. The molecule has 224 valence electrons. The predicted octanol–water partition coefficient (Wildman–Crippen LogP) is 13.4. The largest absolute Gasteiger partial charge is 0.273 e. The number of fused-ring (bicyclic) bond motifs is 8. The molecule has 0 saturated carbocycles. The van der Waals surface area contributed by atoms with Gasteiger partial charge in [0.05, 0.1) is 0 Å². The van der Waals surface area contributed by atoms with Crippen LogP contribution in [0.25, 0.3) is 43.1 Å². The molecule has 0 fully saturated rings. The van der Waals surface area contributed by atoms with Gasteiger partial charge in [0.1, 0.15) is 0 Å². The van der Waals surface area contributed by atoms with Crippen molar-refractivity contribution in [3.05, 3.63) is 170 Å². The zero-order valence-corrected chi connectivity index (χ0v) is 30.7. The second-order valence-electron chi connectivity index (χ2n) is 11.1. The molecule has 1 aliphatic carbocycles. The molecule has 0 N–H and O–H groups in total. The Morgan fingerprint density at radius 2 is 1.15 bits per heavy atom. The molecule has 0 radical (unpaired) electrons. The van der Waals surface area contributed by atoms with E-state index < -0.39 is 0 Å². The smallest absolute Gasteiger partial charge is 0.0255 e. The topological polar surface area (TPSA) is 0 Å². The summed E-state index contributed by atoms with van der Waals surface area (Å²) in [5.74, 6) is 0. The van der Waals surface area contributed by atoms with Crippen LogP contribution in [0, 0.1) is 19.9 Å². The summed E-state index contributed by atoms with van der Waals surface area (Å²) in [5, 5.41) is 13.4. The van der Waals surface area contributed by atoms with Crippen LogP contribution in [-0.4, -0.2) is 3.21 Å². The van der Waals surface area contributed by atoms with Crippen LogP contribution in [0.15, 0.2) is 121 Å². The summed E-state index contributed by atoms with van der Waals surface area (Å²) in [4.78, 5) is 0. The number of allylic oxidation sites excluding steroid dienone is 4. The number of hydrogen-bond donors (Lipinski definition) is 0. The van der Waals surface area contributed by atoms with Crippen molar-refractivity contribution in [2.45, 2.75) is 20.3 Å². The van der Waals surface area contributed by atoms with Gasteiger partial charge in [-0.25, -0.2) is 12.2 Å². The zero-order chi connectivity index (χ0) is 32.4. The molecule has 0 bridgehead atoms. The molecule has 0 unspecified atom stereocenters. The van der Waals surface area contributed by atoms with Crippen molar-refractivity contribution in [2.75, 3.05) is 0 Å². The van der Waals surface area contributed by atoms with Crippen LogP contribution in [-0.2, 0) is 24.2 Å². The molecule has 0 spiro atoms. The first-order chi connectivity index (χ1) is 22.2. The van der Waals surface area contributed by atoms with Gasteiger partial charge in [0.15, 0.2) is 0 Å². The number of halogens is 4. The maximum absolute atomic E-state index is 6.21. The van der Waals surface area contributed by atoms with Crippen molar-refractivity contribution < 1.29 is 24.2 Å². The number of rotatable bonds is 2. The Morgan fingerprint density at radius 3 is 1.67 bits per heavy atom. The molecule has 8 rings (SSSR count). The molecule has 5 heteroatoms. The Labute approximate surface area is 304 Å². The van der Waals surface area contributed by atoms with Gasteiger partial charge in [-0.15, -0.1) is 40.1 Å². The third-order valence-corrected chi connectivity index (χ3v) is 10.8. The fraction of sp³-hybridized carbons (Fsp3) is 0.0732. The molecule has 46 heavy (non-hydrogen) atoms. The van der Waals surface area contributed by atoms with Crippen molar-refractivity contribution in [3.8, 4) is 0 Å². The van der Waals surface area contributed by atoms with Crippen LogP contribution in [0.2, 0.25) is 20.1 Å². The molecule has 0 nitrogen and oxygen atoms in total. The maximum atomic E-state index is 6.21. The first-order valence-corrected chi connectivity index (χ1v) is 17.6. The molecule has 0 atom stereocenters. The second kappa shape index (κ2) is 14.5. The van der Waals surface area contributed by atoms with Crippen molar-refractivity contribution >= 4 is 92.7 Å². The minimum Gasteiger partial charge on any atom is -0.273 e. The van der Waals surface area contributed by atoms with Crippen molar-refractivity contribution in [3.63, 3.8) is 0 Å². The van der Waals surface area contributed by atoms with Crippen LogP contribution in [0.4, 0.5) is 0 Å². The van der Waals surface area contributed by atoms with Crippen LogP contribution in [0.5, 0.6) is 0 Å². The molecule has 1 aliphatic rings. The summed E-state index contributed by atoms with van der Waals surface area (Å²) < 4.78 is 1.14. The summed E-state index contributed by atoms with van der Waals surface area (Å²) in [6.07, 6.45) is 10.0. The van der Waals surface area contributed by atoms with E-state index >= 15 is 0 Å². The van der Waals surface area contributed by atoms with Crippen LogP contribution in [0.1, 0.15) is 28.7 Å². The Morgan fingerprint density at radius 1 is 0.652 bits per heavy atom. The standard InChI is InChI=1S/C21H13.C15H10Cl4.C5H5.Zr/c1-2-8-15-14(7-1)13-20-18-11-4-3-9-16(18)17-10-5-6-12-19(17)21(15)20;1-8-10(4-12(16)6-14(8)18)3-11-5-13(17)7-15(19)9(11)2;1-2-4-5-3-1;/h1-13H;4-7H,1-2H3;1-3H,4H2;/q-1;;-1;+2. The maximum Gasteiger partial charge on any atom is -0.0255 e. The van der Waals surface area contributed by atoms with Gasteiger partial charge >= 0.3 is 154 Å². The molecular formula is C41H28Cl4Zr. The number of hydrogen-bond acceptors (Lipinski definition) is 0. The summed E-state index contributed by atoms with van der Waals surface area (Å²) in [7, 11) is 0. The van der Waals surface area contributed by atoms with E-state index in [0.717, 1.165) is 31.9 Å². The normalized spacial score (nSPS) is 12.0. The first kappa shape index (κ1) is 33.0. The zero-order valence-electron chi connectivity index (χ0n) is 25.3. The van der Waals surface area contributed by atoms with Crippen molar-refractivity contribution in [1.82, 2.24) is 0 Å². The van der Waals surface area contributed by atoms with Crippen molar-refractivity contribution in [1.29, 1.82) is 0 Å². The van der Waals surface area contributed by atoms with E-state index in [-0.39, 0.29) is 0 Å². The van der Waals surface area contributed by atoms with Gasteiger partial charge in [0.2, 0.25) is 0 Å². The molecular weight excluding hydrogens is 725 g/mol. The predicted molar refractivity (Wildman–Crippen MR) is 199 cm³/mol. The van der Waals surface area contributed by atoms with Crippen LogP contribution in [0.3, 0.4) is 0 Å². The van der Waals surface area contributed by atoms with Gasteiger partial charge in [-0.05, 0) is 10.8 Å². The van der Waals surface area contributed by atoms with E-state index in [0.29, 0.717) is 20.1 Å². The summed E-state index contributed by atoms with van der Waals surface area (Å²) >= 11 is 25.9. The van der Waals surface area contributed by atoms with E-state index in [9.17, 15) is 0 Å². The van der Waals surface area contributed by atoms with Crippen LogP contribution >= 0.6 is 46.4 Å². The van der Waals surface area contributed by atoms with Crippen molar-refractivity contribution in [2.24, 2.45) is 0 Å². The third-order valence-electron chi connectivity index (χ3n) is 8.25. The second-order valence-corrected chi connectivity index (χ2v) is 14.0. The van der Waals surface area contributed by atoms with Crippen LogP contribution < -0.4 is 0 Å². The van der Waals surface area contributed by atoms with E-state index in [2.05, 4.69) is 91.0 Å². The Kier molecular flexibility index (Phi) is 10.4. The van der Waals surface area contributed by atoms with E-state index in [1.807, 2.05) is 38.1 Å². The summed E-state index contributed by atoms with van der Waals surface area (Å²) in [5.41, 5.74) is 4.11. The minimum absolute atomic E-state index is 0.626. The average molecular weight is 754 g/mol. The third kappa shape index (κ3) is 6.73. The average Bonchev–Trinajstić information content (AvgIpc) is 3.77. The fourth-order valence-electron chi connectivity index (χ4n) is 5.91. The van der Waals surface area contributed by atoms with Gasteiger partial charge in [-0.1, -0.05) is 77.5 Å². The Bertz CT molecular complexity index is 2250. The molecule has 0 aromatic heterocycles. The summed E-state index contributed by atoms with van der Waals surface area (Å²) in [6, 6.07) is 35.9. The molecule has 0 heterocycles. The summed E-state index contributed by atoms with van der Waals surface area (Å²) in [6.45, 7) is 3.97. The minimum atomic E-state index is 0.626. The SMILES string of the molecule is Cc1c(Cl)cc(Cl)cc1[C](=[Zr+2])c1cc(Cl)cc(Cl)c1C.[C-]1=CC=CC1.c1ccc2c(c1)[cH-]c1c3ccccc3c3ccccc3c21. The first-order valence-electron chi connectivity index (χ1n) is 14.8. The van der Waals surface area contributed by atoms with Gasteiger partial charge in [0, 0.05) is 0 Å². The van der Waals surface area contributed by atoms with E-state index in [4.69, 9.17) is 46.4 Å². The molecule has 7 aromatic rings. The molecule has 0 saturated heterocycles. The van der Waals surface area contributed by atoms with Gasteiger partial charge < -0.3 is 0 Å². The number of benzene rings is 6. The van der Waals surface area contributed by atoms with Gasteiger partial charge in [-0.3, -0.25) is 6.08 Å². The Hall–Kier alpha value is -2.90. The molecule has 7 aromatic carbocycles. The Balaban J connectivity index is 0.000000141. The van der Waals surface area contributed by atoms with E-state index in [1.54, 1.807) is 12.1 Å². The molecule has 0 aliphatic heterocycles. The van der Waals surface area contributed by atoms with Gasteiger partial charge in [-0.2, -0.15) is 6.08 Å². The van der Waals surface area contributed by atoms with Gasteiger partial charge in [0.25, 0.3) is 0 Å².